The fourth-order valence-corrected chi connectivity index (χ4v) is 3.85. The van der Waals surface area contributed by atoms with Gasteiger partial charge in [0, 0.05) is 17.8 Å². The molecular formula is C18H23N5O5S. The van der Waals surface area contributed by atoms with Crippen LogP contribution in [0.15, 0.2) is 30.5 Å². The molecule has 156 valence electrons. The number of likely N-dealkylation sites (tertiary alicyclic amines) is 1. The van der Waals surface area contributed by atoms with Crippen LogP contribution in [0.2, 0.25) is 0 Å². The minimum Gasteiger partial charge on any atom is -0.476 e. The number of aromatic carboxylic acids is 1. The summed E-state index contributed by atoms with van der Waals surface area (Å²) in [6.45, 7) is 4.05. The summed E-state index contributed by atoms with van der Waals surface area (Å²) < 4.78 is 28.1. The molecule has 1 aromatic heterocycles. The maximum absolute atomic E-state index is 13.0. The summed E-state index contributed by atoms with van der Waals surface area (Å²) >= 11 is 0. The summed E-state index contributed by atoms with van der Waals surface area (Å²) in [7, 11) is -3.51. The Morgan fingerprint density at radius 2 is 2.10 bits per heavy atom. The third kappa shape index (κ3) is 4.73. The van der Waals surface area contributed by atoms with Crippen molar-refractivity contribution in [2.45, 2.75) is 44.5 Å². The number of anilines is 1. The number of aromatic nitrogens is 3. The lowest BCUT2D eigenvalue weighted by Gasteiger charge is -2.25. The number of hydrogen-bond donors (Lipinski definition) is 2. The molecule has 2 N–H and O–H groups in total. The van der Waals surface area contributed by atoms with Crippen LogP contribution in [0.25, 0.3) is 0 Å². The average Bonchev–Trinajstić information content (AvgIpc) is 3.31. The van der Waals surface area contributed by atoms with Crippen LogP contribution in [0.5, 0.6) is 0 Å². The van der Waals surface area contributed by atoms with E-state index in [-0.39, 0.29) is 17.6 Å². The van der Waals surface area contributed by atoms with Gasteiger partial charge in [0.2, 0.25) is 10.0 Å². The largest absolute Gasteiger partial charge is 0.476 e. The van der Waals surface area contributed by atoms with Crippen LogP contribution in [0, 0.1) is 0 Å². The number of rotatable bonds is 7. The van der Waals surface area contributed by atoms with E-state index in [0.29, 0.717) is 24.3 Å². The fourth-order valence-electron chi connectivity index (χ4n) is 3.16. The van der Waals surface area contributed by atoms with Crippen molar-refractivity contribution < 1.29 is 23.1 Å². The van der Waals surface area contributed by atoms with Crippen molar-refractivity contribution in [3.05, 3.63) is 41.7 Å². The lowest BCUT2D eigenvalue weighted by molar-refractivity contribution is 0.0686. The number of hydrogen-bond acceptors (Lipinski definition) is 6. The van der Waals surface area contributed by atoms with Gasteiger partial charge in [0.25, 0.3) is 5.91 Å². The summed E-state index contributed by atoms with van der Waals surface area (Å²) in [6.07, 6.45) is 2.91. The molecule has 11 heteroatoms. The van der Waals surface area contributed by atoms with E-state index >= 15 is 0 Å². The van der Waals surface area contributed by atoms with Crippen molar-refractivity contribution in [1.82, 2.24) is 19.9 Å². The molecule has 0 bridgehead atoms. The van der Waals surface area contributed by atoms with Crippen molar-refractivity contribution in [3.8, 4) is 0 Å². The highest BCUT2D eigenvalue weighted by molar-refractivity contribution is 7.93. The molecular weight excluding hydrogens is 398 g/mol. The van der Waals surface area contributed by atoms with E-state index in [0.717, 1.165) is 12.8 Å². The zero-order valence-corrected chi connectivity index (χ0v) is 17.0. The van der Waals surface area contributed by atoms with Gasteiger partial charge in [0.1, 0.15) is 0 Å². The molecule has 1 unspecified atom stereocenters. The number of amides is 1. The Balaban J connectivity index is 1.75. The van der Waals surface area contributed by atoms with E-state index < -0.39 is 21.2 Å². The third-order valence-electron chi connectivity index (χ3n) is 4.78. The van der Waals surface area contributed by atoms with Gasteiger partial charge in [-0.3, -0.25) is 9.52 Å². The Bertz CT molecular complexity index is 1020. The first kappa shape index (κ1) is 20.8. The third-order valence-corrected chi connectivity index (χ3v) is 6.55. The highest BCUT2D eigenvalue weighted by Gasteiger charge is 2.30. The standard InChI is InChI=1S/C18H23N5O5S/c1-12(2)29(27,28)20-14-6-3-5-13(9-14)17(24)23-8-4-7-15(23)10-22-11-16(18(25)26)19-21-22/h3,5-6,9,11-12,15,20H,4,7-8,10H2,1-2H3,(H,25,26). The molecule has 1 amide bonds. The first-order valence-electron chi connectivity index (χ1n) is 9.23. The summed E-state index contributed by atoms with van der Waals surface area (Å²) in [5.74, 6) is -1.37. The molecule has 3 rings (SSSR count). The van der Waals surface area contributed by atoms with Crippen LogP contribution in [0.1, 0.15) is 47.5 Å². The molecule has 29 heavy (non-hydrogen) atoms. The molecule has 0 aliphatic carbocycles. The van der Waals surface area contributed by atoms with Gasteiger partial charge in [0.15, 0.2) is 5.69 Å². The summed E-state index contributed by atoms with van der Waals surface area (Å²) in [6, 6.07) is 6.24. The average molecular weight is 421 g/mol. The molecule has 10 nitrogen and oxygen atoms in total. The second-order valence-electron chi connectivity index (χ2n) is 7.20. The SMILES string of the molecule is CC(C)S(=O)(=O)Nc1cccc(C(=O)N2CCCC2Cn2cc(C(=O)O)nn2)c1. The van der Waals surface area contributed by atoms with E-state index in [2.05, 4.69) is 15.0 Å². The molecule has 1 aromatic carbocycles. The van der Waals surface area contributed by atoms with Gasteiger partial charge >= 0.3 is 5.97 Å². The molecule has 1 aliphatic rings. The monoisotopic (exact) mass is 421 g/mol. The molecule has 1 aliphatic heterocycles. The van der Waals surface area contributed by atoms with Crippen molar-refractivity contribution >= 4 is 27.6 Å². The summed E-state index contributed by atoms with van der Waals surface area (Å²) in [5.41, 5.74) is 0.569. The van der Waals surface area contributed by atoms with Gasteiger partial charge in [-0.15, -0.1) is 5.10 Å². The van der Waals surface area contributed by atoms with E-state index in [1.807, 2.05) is 0 Å². The lowest BCUT2D eigenvalue weighted by atomic mass is 10.1. The predicted molar refractivity (Wildman–Crippen MR) is 105 cm³/mol. The van der Waals surface area contributed by atoms with Crippen molar-refractivity contribution in [2.24, 2.45) is 0 Å². The predicted octanol–water partition coefficient (Wildman–Crippen LogP) is 1.43. The maximum atomic E-state index is 13.0. The number of nitrogens with one attached hydrogen (secondary N) is 1. The second-order valence-corrected chi connectivity index (χ2v) is 9.44. The zero-order valence-electron chi connectivity index (χ0n) is 16.1. The number of sulfonamides is 1. The first-order valence-corrected chi connectivity index (χ1v) is 10.8. The topological polar surface area (TPSA) is 134 Å². The minimum absolute atomic E-state index is 0.147. The van der Waals surface area contributed by atoms with Crippen LogP contribution in [-0.4, -0.2) is 63.1 Å². The van der Waals surface area contributed by atoms with Crippen LogP contribution in [-0.2, 0) is 16.6 Å². The van der Waals surface area contributed by atoms with Gasteiger partial charge in [-0.2, -0.15) is 0 Å². The highest BCUT2D eigenvalue weighted by atomic mass is 32.2. The van der Waals surface area contributed by atoms with E-state index in [1.54, 1.807) is 36.9 Å². The normalized spacial score (nSPS) is 16.9. The van der Waals surface area contributed by atoms with E-state index in [4.69, 9.17) is 5.11 Å². The van der Waals surface area contributed by atoms with Crippen LogP contribution in [0.4, 0.5) is 5.69 Å². The van der Waals surface area contributed by atoms with Gasteiger partial charge in [-0.1, -0.05) is 11.3 Å². The van der Waals surface area contributed by atoms with Gasteiger partial charge in [-0.25, -0.2) is 17.9 Å². The number of carboxylic acids is 1. The summed E-state index contributed by atoms with van der Waals surface area (Å²) in [5, 5.41) is 15.8. The molecule has 2 aromatic rings. The molecule has 0 spiro atoms. The van der Waals surface area contributed by atoms with Crippen LogP contribution < -0.4 is 4.72 Å². The number of carbonyl (C=O) groups is 2. The van der Waals surface area contributed by atoms with Crippen LogP contribution >= 0.6 is 0 Å². The number of carbonyl (C=O) groups excluding carboxylic acids is 1. The summed E-state index contributed by atoms with van der Waals surface area (Å²) in [4.78, 5) is 25.7. The zero-order chi connectivity index (χ0) is 21.2. The Morgan fingerprint density at radius 3 is 2.76 bits per heavy atom. The number of benzene rings is 1. The Hall–Kier alpha value is -2.95. The fraction of sp³-hybridized carbons (Fsp3) is 0.444. The second kappa shape index (κ2) is 8.19. The van der Waals surface area contributed by atoms with Crippen molar-refractivity contribution in [1.29, 1.82) is 0 Å². The smallest absolute Gasteiger partial charge is 0.358 e. The van der Waals surface area contributed by atoms with Crippen LogP contribution in [0.3, 0.4) is 0 Å². The first-order chi connectivity index (χ1) is 13.7. The Morgan fingerprint density at radius 1 is 1.34 bits per heavy atom. The van der Waals surface area contributed by atoms with Crippen molar-refractivity contribution in [2.75, 3.05) is 11.3 Å². The van der Waals surface area contributed by atoms with E-state index in [1.165, 1.54) is 16.9 Å². The van der Waals surface area contributed by atoms with Gasteiger partial charge < -0.3 is 10.0 Å². The lowest BCUT2D eigenvalue weighted by Crippen LogP contribution is -2.38. The maximum Gasteiger partial charge on any atom is 0.358 e. The van der Waals surface area contributed by atoms with Gasteiger partial charge in [0.05, 0.1) is 24.0 Å². The Kier molecular flexibility index (Phi) is 5.87. The van der Waals surface area contributed by atoms with Gasteiger partial charge in [-0.05, 0) is 44.9 Å². The van der Waals surface area contributed by atoms with Crippen molar-refractivity contribution in [3.63, 3.8) is 0 Å². The minimum atomic E-state index is -3.51. The molecule has 2 heterocycles. The Labute approximate surface area is 168 Å². The molecule has 1 fully saturated rings. The molecule has 0 saturated carbocycles. The molecule has 1 atom stereocenters. The van der Waals surface area contributed by atoms with E-state index in [9.17, 15) is 18.0 Å². The molecule has 1 saturated heterocycles. The quantitative estimate of drug-likeness (QED) is 0.690. The number of carboxylic acid groups (broad SMARTS) is 1. The molecule has 0 radical (unpaired) electrons. The highest BCUT2D eigenvalue weighted by Crippen LogP contribution is 2.23. The number of nitrogens with zero attached hydrogens (tertiary/aromatic N) is 4.